The lowest BCUT2D eigenvalue weighted by Gasteiger charge is -2.16. The molecule has 2 aromatic carbocycles. The van der Waals surface area contributed by atoms with Crippen LogP contribution in [0.1, 0.15) is 12.1 Å². The molecule has 1 aromatic heterocycles. The normalized spacial score (nSPS) is 16.5. The number of aromatic nitrogens is 1. The fourth-order valence-corrected chi connectivity index (χ4v) is 4.57. The fraction of sp³-hybridized carbons (Fsp3) is 0.200. The van der Waals surface area contributed by atoms with Crippen molar-refractivity contribution in [2.75, 3.05) is 19.5 Å². The molecular weight excluding hydrogens is 452 g/mol. The molecule has 0 saturated carbocycles. The molecular formula is C25H24N4O4S. The summed E-state index contributed by atoms with van der Waals surface area (Å²) in [4.78, 5) is 36.7. The highest BCUT2D eigenvalue weighted by molar-refractivity contribution is 8.15. The predicted molar refractivity (Wildman–Crippen MR) is 132 cm³/mol. The second-order valence-electron chi connectivity index (χ2n) is 7.40. The van der Waals surface area contributed by atoms with Gasteiger partial charge >= 0.3 is 0 Å². The van der Waals surface area contributed by atoms with Gasteiger partial charge in [0.25, 0.3) is 0 Å². The minimum Gasteiger partial charge on any atom is -0.497 e. The molecule has 0 radical (unpaired) electrons. The van der Waals surface area contributed by atoms with Gasteiger partial charge in [-0.05, 0) is 48.5 Å². The molecule has 1 N–H and O–H groups in total. The first kappa shape index (κ1) is 23.3. The van der Waals surface area contributed by atoms with Crippen LogP contribution in [0.15, 0.2) is 77.9 Å². The van der Waals surface area contributed by atoms with Gasteiger partial charge < -0.3 is 14.8 Å². The number of benzene rings is 2. The van der Waals surface area contributed by atoms with E-state index >= 15 is 0 Å². The number of thioether (sulfide) groups is 1. The Morgan fingerprint density at radius 1 is 1.06 bits per heavy atom. The monoisotopic (exact) mass is 476 g/mol. The van der Waals surface area contributed by atoms with Gasteiger partial charge in [-0.3, -0.25) is 19.5 Å². The van der Waals surface area contributed by atoms with E-state index in [0.29, 0.717) is 22.3 Å². The molecule has 174 valence electrons. The maximum atomic E-state index is 13.3. The molecule has 0 spiro atoms. The molecule has 1 atom stereocenters. The fourth-order valence-electron chi connectivity index (χ4n) is 3.41. The molecule has 1 fully saturated rings. The quantitative estimate of drug-likeness (QED) is 0.522. The number of aliphatic imine (C=N–C) groups is 1. The maximum Gasteiger partial charge on any atom is 0.243 e. The van der Waals surface area contributed by atoms with Crippen molar-refractivity contribution in [3.63, 3.8) is 0 Å². The standard InChI is InChI=1S/C25H24N4O4S/c1-32-19-12-10-17(11-13-19)27-25-29(16-18-7-5-6-14-26-18)24(31)22(34-25)15-23(30)28-20-8-3-4-9-21(20)33-2/h3-14,22H,15-16H2,1-2H3,(H,28,30). The topological polar surface area (TPSA) is 93.1 Å². The summed E-state index contributed by atoms with van der Waals surface area (Å²) in [5.74, 6) is 0.812. The number of nitrogens with one attached hydrogen (secondary N) is 1. The SMILES string of the molecule is COc1ccc(N=C2SC(CC(=O)Nc3ccccc3OC)C(=O)N2Cc2ccccn2)cc1. The van der Waals surface area contributed by atoms with Crippen LogP contribution in [0.4, 0.5) is 11.4 Å². The average molecular weight is 477 g/mol. The van der Waals surface area contributed by atoms with E-state index in [1.807, 2.05) is 54.6 Å². The minimum atomic E-state index is -0.601. The molecule has 1 unspecified atom stereocenters. The van der Waals surface area contributed by atoms with Gasteiger partial charge in [-0.1, -0.05) is 30.0 Å². The molecule has 3 aromatic rings. The molecule has 9 heteroatoms. The number of para-hydroxylation sites is 2. The Bertz CT molecular complexity index is 1190. The summed E-state index contributed by atoms with van der Waals surface area (Å²) in [5, 5.41) is 2.76. The summed E-state index contributed by atoms with van der Waals surface area (Å²) in [6, 6.07) is 19.9. The van der Waals surface area contributed by atoms with Crippen molar-refractivity contribution in [2.24, 2.45) is 4.99 Å². The molecule has 1 aliphatic heterocycles. The molecule has 1 aliphatic rings. The predicted octanol–water partition coefficient (Wildman–Crippen LogP) is 4.26. The first-order chi connectivity index (χ1) is 16.6. The number of rotatable bonds is 8. The Kier molecular flexibility index (Phi) is 7.44. The van der Waals surface area contributed by atoms with E-state index in [9.17, 15) is 9.59 Å². The first-order valence-electron chi connectivity index (χ1n) is 10.6. The molecule has 4 rings (SSSR count). The number of carbonyl (C=O) groups is 2. The number of carbonyl (C=O) groups excluding carboxylic acids is 2. The third-order valence-electron chi connectivity index (χ3n) is 5.12. The number of anilines is 1. The summed E-state index contributed by atoms with van der Waals surface area (Å²) >= 11 is 1.28. The van der Waals surface area contributed by atoms with Crippen LogP contribution in [0.25, 0.3) is 0 Å². The average Bonchev–Trinajstić information content (AvgIpc) is 3.14. The van der Waals surface area contributed by atoms with Crippen LogP contribution in [0, 0.1) is 0 Å². The van der Waals surface area contributed by atoms with Crippen molar-refractivity contribution in [1.29, 1.82) is 0 Å². The molecule has 2 amide bonds. The number of amides is 2. The Morgan fingerprint density at radius 2 is 1.82 bits per heavy atom. The summed E-state index contributed by atoms with van der Waals surface area (Å²) in [5.41, 5.74) is 1.97. The second-order valence-corrected chi connectivity index (χ2v) is 8.57. The lowest BCUT2D eigenvalue weighted by molar-refractivity contribution is -0.128. The van der Waals surface area contributed by atoms with Gasteiger partial charge in [-0.15, -0.1) is 0 Å². The van der Waals surface area contributed by atoms with Crippen molar-refractivity contribution < 1.29 is 19.1 Å². The van der Waals surface area contributed by atoms with Crippen LogP contribution in [-0.4, -0.2) is 46.3 Å². The van der Waals surface area contributed by atoms with E-state index in [1.54, 1.807) is 37.4 Å². The molecule has 0 aliphatic carbocycles. The van der Waals surface area contributed by atoms with Crippen LogP contribution in [0.2, 0.25) is 0 Å². The van der Waals surface area contributed by atoms with Crippen LogP contribution in [0.3, 0.4) is 0 Å². The zero-order chi connectivity index (χ0) is 23.9. The van der Waals surface area contributed by atoms with Gasteiger partial charge in [0.1, 0.15) is 16.7 Å². The van der Waals surface area contributed by atoms with Gasteiger partial charge in [0.15, 0.2) is 5.17 Å². The number of nitrogens with zero attached hydrogens (tertiary/aromatic N) is 3. The van der Waals surface area contributed by atoms with Crippen molar-refractivity contribution in [2.45, 2.75) is 18.2 Å². The van der Waals surface area contributed by atoms with Gasteiger partial charge in [-0.2, -0.15) is 0 Å². The minimum absolute atomic E-state index is 0.00188. The highest BCUT2D eigenvalue weighted by atomic mass is 32.2. The number of hydrogen-bond donors (Lipinski definition) is 1. The zero-order valence-electron chi connectivity index (χ0n) is 18.8. The van der Waals surface area contributed by atoms with E-state index < -0.39 is 5.25 Å². The maximum absolute atomic E-state index is 13.3. The van der Waals surface area contributed by atoms with Crippen LogP contribution >= 0.6 is 11.8 Å². The molecule has 2 heterocycles. The summed E-state index contributed by atoms with van der Waals surface area (Å²) in [6.07, 6.45) is 1.68. The van der Waals surface area contributed by atoms with Gasteiger partial charge in [0, 0.05) is 12.6 Å². The van der Waals surface area contributed by atoms with Crippen LogP contribution in [0.5, 0.6) is 11.5 Å². The molecule has 34 heavy (non-hydrogen) atoms. The van der Waals surface area contributed by atoms with Crippen molar-refractivity contribution in [1.82, 2.24) is 9.88 Å². The van der Waals surface area contributed by atoms with Crippen molar-refractivity contribution in [3.05, 3.63) is 78.6 Å². The Balaban J connectivity index is 1.54. The summed E-state index contributed by atoms with van der Waals surface area (Å²) in [7, 11) is 3.14. The number of methoxy groups -OCH3 is 2. The number of pyridine rings is 1. The largest absolute Gasteiger partial charge is 0.497 e. The van der Waals surface area contributed by atoms with Gasteiger partial charge in [0.2, 0.25) is 11.8 Å². The second kappa shape index (κ2) is 10.8. The third-order valence-corrected chi connectivity index (χ3v) is 6.29. The number of hydrogen-bond acceptors (Lipinski definition) is 7. The lowest BCUT2D eigenvalue weighted by atomic mass is 10.2. The molecule has 8 nitrogen and oxygen atoms in total. The Morgan fingerprint density at radius 3 is 2.53 bits per heavy atom. The molecule has 1 saturated heterocycles. The van der Waals surface area contributed by atoms with Crippen LogP contribution < -0.4 is 14.8 Å². The highest BCUT2D eigenvalue weighted by Crippen LogP contribution is 2.33. The summed E-state index contributed by atoms with van der Waals surface area (Å²) in [6.45, 7) is 0.270. The van der Waals surface area contributed by atoms with E-state index in [1.165, 1.54) is 11.8 Å². The first-order valence-corrected chi connectivity index (χ1v) is 11.5. The van der Waals surface area contributed by atoms with E-state index in [2.05, 4.69) is 15.3 Å². The van der Waals surface area contributed by atoms with Crippen molar-refractivity contribution in [3.8, 4) is 11.5 Å². The van der Waals surface area contributed by atoms with E-state index in [-0.39, 0.29) is 24.8 Å². The smallest absolute Gasteiger partial charge is 0.243 e. The van der Waals surface area contributed by atoms with Gasteiger partial charge in [-0.25, -0.2) is 4.99 Å². The third kappa shape index (κ3) is 5.55. The summed E-state index contributed by atoms with van der Waals surface area (Å²) < 4.78 is 10.5. The van der Waals surface area contributed by atoms with Gasteiger partial charge in [0.05, 0.1) is 37.8 Å². The van der Waals surface area contributed by atoms with Crippen molar-refractivity contribution >= 4 is 40.1 Å². The lowest BCUT2D eigenvalue weighted by Crippen LogP contribution is -2.33. The highest BCUT2D eigenvalue weighted by Gasteiger charge is 2.39. The van der Waals surface area contributed by atoms with E-state index in [0.717, 1.165) is 11.4 Å². The number of ether oxygens (including phenoxy) is 2. The Labute approximate surface area is 202 Å². The number of amidine groups is 1. The van der Waals surface area contributed by atoms with Crippen LogP contribution in [-0.2, 0) is 16.1 Å². The van der Waals surface area contributed by atoms with E-state index in [4.69, 9.17) is 9.47 Å². The Hall–Kier alpha value is -3.85. The molecule has 0 bridgehead atoms. The zero-order valence-corrected chi connectivity index (χ0v) is 19.6.